The first kappa shape index (κ1) is 14.6. The predicted molar refractivity (Wildman–Crippen MR) is 81.8 cm³/mol. The van der Waals surface area contributed by atoms with Crippen LogP contribution in [0, 0.1) is 0 Å². The fourth-order valence-electron chi connectivity index (χ4n) is 1.43. The van der Waals surface area contributed by atoms with Crippen LogP contribution in [0.1, 0.15) is 0 Å². The Labute approximate surface area is 124 Å². The molecule has 8 heteroatoms. The quantitative estimate of drug-likeness (QED) is 0.798. The van der Waals surface area contributed by atoms with Gasteiger partial charge in [0, 0.05) is 7.05 Å². The summed E-state index contributed by atoms with van der Waals surface area (Å²) in [5.74, 6) is 0.802. The Morgan fingerprint density at radius 2 is 2.20 bits per heavy atom. The number of methoxy groups -OCH3 is 1. The molecular formula is C12H14N4O2S2. The molecule has 0 aliphatic heterocycles. The molecule has 0 saturated carbocycles. The molecule has 20 heavy (non-hydrogen) atoms. The fraction of sp³-hybridized carbons (Fsp3) is 0.250. The van der Waals surface area contributed by atoms with Crippen LogP contribution in [0.5, 0.6) is 5.75 Å². The molecule has 1 heterocycles. The topological polar surface area (TPSA) is 76.1 Å². The lowest BCUT2D eigenvalue weighted by atomic mass is 10.3. The smallest absolute Gasteiger partial charge is 0.234 e. The number of ether oxygens (including phenoxy) is 1. The van der Waals surface area contributed by atoms with Gasteiger partial charge in [0.1, 0.15) is 5.75 Å². The van der Waals surface area contributed by atoms with Crippen molar-refractivity contribution in [2.45, 2.75) is 4.34 Å². The highest BCUT2D eigenvalue weighted by Gasteiger charge is 2.09. The van der Waals surface area contributed by atoms with Crippen molar-refractivity contribution in [2.75, 3.05) is 30.5 Å². The first-order chi connectivity index (χ1) is 9.72. The van der Waals surface area contributed by atoms with Gasteiger partial charge in [-0.2, -0.15) is 0 Å². The van der Waals surface area contributed by atoms with E-state index in [2.05, 4.69) is 20.8 Å². The number of hydrogen-bond acceptors (Lipinski definition) is 7. The number of rotatable bonds is 6. The Kier molecular flexibility index (Phi) is 5.19. The summed E-state index contributed by atoms with van der Waals surface area (Å²) in [4.78, 5) is 11.9. The molecule has 0 unspecified atom stereocenters. The van der Waals surface area contributed by atoms with Crippen molar-refractivity contribution in [2.24, 2.45) is 0 Å². The zero-order valence-electron chi connectivity index (χ0n) is 11.0. The molecule has 0 bridgehead atoms. The lowest BCUT2D eigenvalue weighted by Gasteiger charge is -2.08. The Balaban J connectivity index is 1.89. The van der Waals surface area contributed by atoms with Gasteiger partial charge in [-0.15, -0.1) is 10.2 Å². The van der Waals surface area contributed by atoms with E-state index in [-0.39, 0.29) is 11.7 Å². The maximum Gasteiger partial charge on any atom is 0.234 e. The summed E-state index contributed by atoms with van der Waals surface area (Å²) in [5.41, 5.74) is 0.661. The number of aromatic nitrogens is 2. The van der Waals surface area contributed by atoms with Crippen LogP contribution >= 0.6 is 23.1 Å². The Morgan fingerprint density at radius 1 is 1.40 bits per heavy atom. The zero-order chi connectivity index (χ0) is 14.4. The summed E-state index contributed by atoms with van der Waals surface area (Å²) in [6.45, 7) is 0. The second-order valence-corrected chi connectivity index (χ2v) is 5.86. The van der Waals surface area contributed by atoms with Gasteiger partial charge in [-0.05, 0) is 12.1 Å². The van der Waals surface area contributed by atoms with E-state index in [1.807, 2.05) is 12.1 Å². The number of hydrogen-bond donors (Lipinski definition) is 2. The number of carbonyl (C=O) groups excluding carboxylic acids is 1. The van der Waals surface area contributed by atoms with Crippen molar-refractivity contribution >= 4 is 39.8 Å². The standard InChI is InChI=1S/C12H14N4O2S2/c1-13-11-15-16-12(20-11)19-7-10(17)14-8-5-3-4-6-9(8)18-2/h3-6H,7H2,1-2H3,(H,13,15)(H,14,17). The van der Waals surface area contributed by atoms with Gasteiger partial charge in [0.05, 0.1) is 18.6 Å². The molecule has 106 valence electrons. The number of nitrogens with one attached hydrogen (secondary N) is 2. The van der Waals surface area contributed by atoms with Gasteiger partial charge in [-0.25, -0.2) is 0 Å². The molecule has 0 aliphatic rings. The predicted octanol–water partition coefficient (Wildman–Crippen LogP) is 2.32. The molecule has 0 aliphatic carbocycles. The number of anilines is 2. The van der Waals surface area contributed by atoms with E-state index < -0.39 is 0 Å². The van der Waals surface area contributed by atoms with Crippen LogP contribution in [0.25, 0.3) is 0 Å². The van der Waals surface area contributed by atoms with Gasteiger partial charge in [-0.3, -0.25) is 4.79 Å². The maximum atomic E-state index is 11.9. The summed E-state index contributed by atoms with van der Waals surface area (Å²) < 4.78 is 5.93. The van der Waals surface area contributed by atoms with Crippen molar-refractivity contribution in [1.29, 1.82) is 0 Å². The number of benzene rings is 1. The Hall–Kier alpha value is -1.80. The summed E-state index contributed by atoms with van der Waals surface area (Å²) in [5, 5.41) is 14.3. The minimum atomic E-state index is -0.110. The monoisotopic (exact) mass is 310 g/mol. The molecule has 0 spiro atoms. The average Bonchev–Trinajstić information content (AvgIpc) is 2.94. The summed E-state index contributed by atoms with van der Waals surface area (Å²) in [6.07, 6.45) is 0. The lowest BCUT2D eigenvalue weighted by Crippen LogP contribution is -2.14. The van der Waals surface area contributed by atoms with Crippen LogP contribution in [-0.2, 0) is 4.79 Å². The van der Waals surface area contributed by atoms with Gasteiger partial charge in [0.15, 0.2) is 4.34 Å². The molecule has 2 N–H and O–H groups in total. The van der Waals surface area contributed by atoms with E-state index in [9.17, 15) is 4.79 Å². The third-order valence-electron chi connectivity index (χ3n) is 2.33. The summed E-state index contributed by atoms with van der Waals surface area (Å²) in [6, 6.07) is 7.29. The summed E-state index contributed by atoms with van der Waals surface area (Å²) in [7, 11) is 3.35. The van der Waals surface area contributed by atoms with Crippen LogP contribution in [0.4, 0.5) is 10.8 Å². The highest BCUT2D eigenvalue weighted by molar-refractivity contribution is 8.01. The molecule has 0 radical (unpaired) electrons. The van der Waals surface area contributed by atoms with Crippen LogP contribution in [0.3, 0.4) is 0 Å². The second-order valence-electron chi connectivity index (χ2n) is 3.66. The third-order valence-corrected chi connectivity index (χ3v) is 4.40. The number of thioether (sulfide) groups is 1. The molecule has 1 aromatic heterocycles. The van der Waals surface area contributed by atoms with Crippen molar-refractivity contribution < 1.29 is 9.53 Å². The molecule has 0 fully saturated rings. The Bertz CT molecular complexity index is 588. The van der Waals surface area contributed by atoms with Gasteiger partial charge in [0.25, 0.3) is 0 Å². The second kappa shape index (κ2) is 7.11. The third kappa shape index (κ3) is 3.84. The van der Waals surface area contributed by atoms with E-state index in [0.717, 1.165) is 9.47 Å². The molecule has 2 rings (SSSR count). The molecule has 6 nitrogen and oxygen atoms in total. The van der Waals surface area contributed by atoms with Crippen LogP contribution in [0.15, 0.2) is 28.6 Å². The molecular weight excluding hydrogens is 296 g/mol. The first-order valence-electron chi connectivity index (χ1n) is 5.80. The summed E-state index contributed by atoms with van der Waals surface area (Å²) >= 11 is 2.76. The van der Waals surface area contributed by atoms with E-state index >= 15 is 0 Å². The van der Waals surface area contributed by atoms with Crippen molar-refractivity contribution in [3.8, 4) is 5.75 Å². The first-order valence-corrected chi connectivity index (χ1v) is 7.60. The van der Waals surface area contributed by atoms with Gasteiger partial charge < -0.3 is 15.4 Å². The van der Waals surface area contributed by atoms with Crippen LogP contribution < -0.4 is 15.4 Å². The zero-order valence-corrected chi connectivity index (χ0v) is 12.7. The maximum absolute atomic E-state index is 11.9. The molecule has 0 saturated heterocycles. The number of amides is 1. The highest BCUT2D eigenvalue weighted by Crippen LogP contribution is 2.26. The van der Waals surface area contributed by atoms with E-state index in [1.165, 1.54) is 23.1 Å². The van der Waals surface area contributed by atoms with E-state index in [0.29, 0.717) is 11.4 Å². The Morgan fingerprint density at radius 3 is 2.90 bits per heavy atom. The average molecular weight is 310 g/mol. The van der Waals surface area contributed by atoms with Crippen LogP contribution in [-0.4, -0.2) is 36.0 Å². The highest BCUT2D eigenvalue weighted by atomic mass is 32.2. The van der Waals surface area contributed by atoms with Gasteiger partial charge in [-0.1, -0.05) is 35.2 Å². The van der Waals surface area contributed by atoms with Crippen molar-refractivity contribution in [3.63, 3.8) is 0 Å². The molecule has 1 aromatic carbocycles. The largest absolute Gasteiger partial charge is 0.495 e. The number of nitrogens with zero attached hydrogens (tertiary/aromatic N) is 2. The molecule has 2 aromatic rings. The molecule has 1 amide bonds. The minimum absolute atomic E-state index is 0.110. The number of carbonyl (C=O) groups is 1. The SMILES string of the molecule is CNc1nnc(SCC(=O)Nc2ccccc2OC)s1. The van der Waals surface area contributed by atoms with Crippen LogP contribution in [0.2, 0.25) is 0 Å². The molecule has 0 atom stereocenters. The lowest BCUT2D eigenvalue weighted by molar-refractivity contribution is -0.113. The van der Waals surface area contributed by atoms with Crippen molar-refractivity contribution in [3.05, 3.63) is 24.3 Å². The van der Waals surface area contributed by atoms with Gasteiger partial charge in [0.2, 0.25) is 11.0 Å². The normalized spacial score (nSPS) is 10.1. The fourth-order valence-corrected chi connectivity index (χ4v) is 2.94. The van der Waals surface area contributed by atoms with Crippen molar-refractivity contribution in [1.82, 2.24) is 10.2 Å². The number of para-hydroxylation sites is 2. The van der Waals surface area contributed by atoms with E-state index in [1.54, 1.807) is 26.3 Å². The minimum Gasteiger partial charge on any atom is -0.495 e. The van der Waals surface area contributed by atoms with Gasteiger partial charge >= 0.3 is 0 Å². The van der Waals surface area contributed by atoms with E-state index in [4.69, 9.17) is 4.74 Å².